The van der Waals surface area contributed by atoms with Gasteiger partial charge in [-0.25, -0.2) is 4.98 Å². The monoisotopic (exact) mass is 420 g/mol. The fraction of sp³-hybridized carbons (Fsp3) is 0.222. The second-order valence-corrected chi connectivity index (χ2v) is 7.43. The van der Waals surface area contributed by atoms with Crippen LogP contribution in [0.15, 0.2) is 44.6 Å². The number of furan rings is 1. The Bertz CT molecular complexity index is 888. The maximum absolute atomic E-state index is 11.9. The molecule has 0 atom stereocenters. The zero-order chi connectivity index (χ0) is 17.8. The first-order chi connectivity index (χ1) is 12.0. The largest absolute Gasteiger partial charge is 0.483 e. The van der Waals surface area contributed by atoms with Crippen LogP contribution in [0.3, 0.4) is 0 Å². The highest BCUT2D eigenvalue weighted by molar-refractivity contribution is 9.10. The summed E-state index contributed by atoms with van der Waals surface area (Å²) in [6.07, 6.45) is 0. The highest BCUT2D eigenvalue weighted by Crippen LogP contribution is 2.26. The van der Waals surface area contributed by atoms with Crippen LogP contribution in [-0.2, 0) is 11.3 Å². The zero-order valence-electron chi connectivity index (χ0n) is 13.8. The Morgan fingerprint density at radius 3 is 2.88 bits per heavy atom. The highest BCUT2D eigenvalue weighted by atomic mass is 79.9. The Labute approximate surface area is 158 Å². The molecule has 0 spiro atoms. The third-order valence-corrected chi connectivity index (χ3v) is 4.83. The van der Waals surface area contributed by atoms with Crippen molar-refractivity contribution in [2.45, 2.75) is 20.4 Å². The van der Waals surface area contributed by atoms with Gasteiger partial charge in [-0.1, -0.05) is 6.07 Å². The first kappa shape index (κ1) is 17.7. The molecule has 0 saturated carbocycles. The molecule has 5 nitrogen and oxygen atoms in total. The van der Waals surface area contributed by atoms with Crippen LogP contribution in [0, 0.1) is 13.8 Å². The summed E-state index contributed by atoms with van der Waals surface area (Å²) in [6, 6.07) is 9.40. The van der Waals surface area contributed by atoms with Crippen molar-refractivity contribution in [3.05, 3.63) is 56.5 Å². The minimum Gasteiger partial charge on any atom is -0.483 e. The van der Waals surface area contributed by atoms with Crippen LogP contribution in [0.2, 0.25) is 0 Å². The number of carbonyl (C=O) groups is 1. The molecular weight excluding hydrogens is 404 g/mol. The SMILES string of the molecule is Cc1ccc(OCC(=O)NCc2ccc(-c3csc(C)n3)o2)c(Br)c1. The van der Waals surface area contributed by atoms with Crippen molar-refractivity contribution in [2.24, 2.45) is 0 Å². The molecule has 0 aliphatic carbocycles. The Kier molecular flexibility index (Phi) is 5.55. The van der Waals surface area contributed by atoms with E-state index in [0.717, 1.165) is 20.7 Å². The van der Waals surface area contributed by atoms with E-state index in [1.165, 1.54) is 0 Å². The molecule has 3 aromatic rings. The van der Waals surface area contributed by atoms with Gasteiger partial charge in [-0.3, -0.25) is 4.79 Å². The molecule has 1 amide bonds. The number of thiazole rings is 1. The second-order valence-electron chi connectivity index (χ2n) is 5.52. The maximum Gasteiger partial charge on any atom is 0.258 e. The standard InChI is InChI=1S/C18H17BrN2O3S/c1-11-3-5-16(14(19)7-11)23-9-18(22)20-8-13-4-6-17(24-13)15-10-25-12(2)21-15/h3-7,10H,8-9H2,1-2H3,(H,20,22). The Hall–Kier alpha value is -2.12. The molecule has 1 N–H and O–H groups in total. The quantitative estimate of drug-likeness (QED) is 0.638. The van der Waals surface area contributed by atoms with Crippen molar-refractivity contribution in [2.75, 3.05) is 6.61 Å². The number of halogens is 1. The number of hydrogen-bond donors (Lipinski definition) is 1. The van der Waals surface area contributed by atoms with Crippen molar-refractivity contribution in [3.8, 4) is 17.2 Å². The highest BCUT2D eigenvalue weighted by Gasteiger charge is 2.10. The normalized spacial score (nSPS) is 10.7. The number of aryl methyl sites for hydroxylation is 2. The average Bonchev–Trinajstić information content (AvgIpc) is 3.21. The molecule has 0 radical (unpaired) electrons. The van der Waals surface area contributed by atoms with E-state index in [0.29, 0.717) is 23.8 Å². The summed E-state index contributed by atoms with van der Waals surface area (Å²) in [4.78, 5) is 16.3. The maximum atomic E-state index is 11.9. The number of nitrogens with zero attached hydrogens (tertiary/aromatic N) is 1. The first-order valence-corrected chi connectivity index (χ1v) is 9.35. The number of ether oxygens (including phenoxy) is 1. The van der Waals surface area contributed by atoms with Crippen LogP contribution in [0.25, 0.3) is 11.5 Å². The summed E-state index contributed by atoms with van der Waals surface area (Å²) < 4.78 is 12.1. The molecule has 0 aliphatic rings. The van der Waals surface area contributed by atoms with Gasteiger partial charge < -0.3 is 14.5 Å². The lowest BCUT2D eigenvalue weighted by molar-refractivity contribution is -0.123. The summed E-state index contributed by atoms with van der Waals surface area (Å²) in [6.45, 7) is 4.19. The van der Waals surface area contributed by atoms with Crippen LogP contribution >= 0.6 is 27.3 Å². The lowest BCUT2D eigenvalue weighted by atomic mass is 10.2. The lowest BCUT2D eigenvalue weighted by Crippen LogP contribution is -2.28. The van der Waals surface area contributed by atoms with E-state index in [-0.39, 0.29) is 12.5 Å². The van der Waals surface area contributed by atoms with Crippen LogP contribution in [0.4, 0.5) is 0 Å². The second kappa shape index (κ2) is 7.84. The summed E-state index contributed by atoms with van der Waals surface area (Å²) in [7, 11) is 0. The van der Waals surface area contributed by atoms with E-state index in [4.69, 9.17) is 9.15 Å². The van der Waals surface area contributed by atoms with Gasteiger partial charge in [0.15, 0.2) is 12.4 Å². The van der Waals surface area contributed by atoms with Crippen LogP contribution in [-0.4, -0.2) is 17.5 Å². The molecule has 2 heterocycles. The minimum absolute atomic E-state index is 0.0551. The number of aromatic nitrogens is 1. The minimum atomic E-state index is -0.213. The van der Waals surface area contributed by atoms with Gasteiger partial charge in [0.1, 0.15) is 17.2 Å². The summed E-state index contributed by atoms with van der Waals surface area (Å²) in [5, 5.41) is 5.71. The fourth-order valence-corrected chi connectivity index (χ4v) is 3.40. The Morgan fingerprint density at radius 2 is 2.16 bits per heavy atom. The van der Waals surface area contributed by atoms with Crippen LogP contribution in [0.1, 0.15) is 16.3 Å². The molecule has 25 heavy (non-hydrogen) atoms. The average molecular weight is 421 g/mol. The number of benzene rings is 1. The topological polar surface area (TPSA) is 64.4 Å². The first-order valence-electron chi connectivity index (χ1n) is 7.68. The molecule has 7 heteroatoms. The molecule has 0 bridgehead atoms. The predicted octanol–water partition coefficient (Wildman–Crippen LogP) is 4.48. The van der Waals surface area contributed by atoms with Gasteiger partial charge >= 0.3 is 0 Å². The zero-order valence-corrected chi connectivity index (χ0v) is 16.2. The van der Waals surface area contributed by atoms with E-state index in [1.807, 2.05) is 49.6 Å². The number of rotatable bonds is 6. The molecule has 0 unspecified atom stereocenters. The van der Waals surface area contributed by atoms with Gasteiger partial charge in [0.25, 0.3) is 5.91 Å². The van der Waals surface area contributed by atoms with Crippen molar-refractivity contribution in [1.29, 1.82) is 0 Å². The molecular formula is C18H17BrN2O3S. The smallest absolute Gasteiger partial charge is 0.258 e. The summed E-state index contributed by atoms with van der Waals surface area (Å²) in [5.41, 5.74) is 1.93. The van der Waals surface area contributed by atoms with Gasteiger partial charge in [-0.2, -0.15) is 0 Å². The molecule has 0 saturated heterocycles. The van der Waals surface area contributed by atoms with Gasteiger partial charge in [0.05, 0.1) is 16.0 Å². The van der Waals surface area contributed by atoms with Gasteiger partial charge in [0.2, 0.25) is 0 Å². The third-order valence-electron chi connectivity index (χ3n) is 3.44. The fourth-order valence-electron chi connectivity index (χ4n) is 2.19. The van der Waals surface area contributed by atoms with E-state index in [1.54, 1.807) is 11.3 Å². The molecule has 130 valence electrons. The summed E-state index contributed by atoms with van der Waals surface area (Å²) >= 11 is 4.99. The van der Waals surface area contributed by atoms with Gasteiger partial charge in [-0.15, -0.1) is 11.3 Å². The number of carbonyl (C=O) groups excluding carboxylic acids is 1. The lowest BCUT2D eigenvalue weighted by Gasteiger charge is -2.08. The number of amides is 1. The molecule has 0 aliphatic heterocycles. The Balaban J connectivity index is 1.50. The Morgan fingerprint density at radius 1 is 1.32 bits per heavy atom. The van der Waals surface area contributed by atoms with Gasteiger partial charge in [0, 0.05) is 5.38 Å². The van der Waals surface area contributed by atoms with Crippen molar-refractivity contribution < 1.29 is 13.9 Å². The number of nitrogens with one attached hydrogen (secondary N) is 1. The number of hydrogen-bond acceptors (Lipinski definition) is 5. The molecule has 0 fully saturated rings. The van der Waals surface area contributed by atoms with Crippen molar-refractivity contribution in [1.82, 2.24) is 10.3 Å². The molecule has 2 aromatic heterocycles. The summed E-state index contributed by atoms with van der Waals surface area (Å²) in [5.74, 6) is 1.80. The van der Waals surface area contributed by atoms with E-state index in [2.05, 4.69) is 26.2 Å². The van der Waals surface area contributed by atoms with Crippen molar-refractivity contribution >= 4 is 33.2 Å². The van der Waals surface area contributed by atoms with Crippen LogP contribution in [0.5, 0.6) is 5.75 Å². The van der Waals surface area contributed by atoms with Crippen molar-refractivity contribution in [3.63, 3.8) is 0 Å². The van der Waals surface area contributed by atoms with E-state index < -0.39 is 0 Å². The van der Waals surface area contributed by atoms with E-state index >= 15 is 0 Å². The van der Waals surface area contributed by atoms with Gasteiger partial charge in [-0.05, 0) is 59.6 Å². The third kappa shape index (κ3) is 4.70. The predicted molar refractivity (Wildman–Crippen MR) is 101 cm³/mol. The molecule has 1 aromatic carbocycles. The van der Waals surface area contributed by atoms with Crippen LogP contribution < -0.4 is 10.1 Å². The van der Waals surface area contributed by atoms with E-state index in [9.17, 15) is 4.79 Å². The molecule has 3 rings (SSSR count).